The number of aliphatic hydroxyl groups is 1. The topological polar surface area (TPSA) is 57.2 Å². The molecule has 0 aliphatic carbocycles. The summed E-state index contributed by atoms with van der Waals surface area (Å²) < 4.78 is 79.9. The summed E-state index contributed by atoms with van der Waals surface area (Å²) in [6.45, 7) is 1.19. The quantitative estimate of drug-likeness (QED) is 0.274. The maximum absolute atomic E-state index is 13.3. The lowest BCUT2D eigenvalue weighted by atomic mass is 9.99. The van der Waals surface area contributed by atoms with Crippen LogP contribution < -0.4 is 10.6 Å². The highest BCUT2D eigenvalue weighted by atomic mass is 19.4. The van der Waals surface area contributed by atoms with Crippen molar-refractivity contribution in [2.45, 2.75) is 31.4 Å². The number of benzene rings is 2. The van der Waals surface area contributed by atoms with Crippen molar-refractivity contribution in [3.8, 4) is 0 Å². The van der Waals surface area contributed by atoms with E-state index in [1.165, 1.54) is 6.07 Å². The molecule has 2 aromatic carbocycles. The molecule has 0 amide bonds. The van der Waals surface area contributed by atoms with Crippen LogP contribution >= 0.6 is 0 Å². The minimum Gasteiger partial charge on any atom is -0.388 e. The zero-order chi connectivity index (χ0) is 24.8. The fourth-order valence-electron chi connectivity index (χ4n) is 3.39. The van der Waals surface area contributed by atoms with Crippen molar-refractivity contribution in [3.63, 3.8) is 0 Å². The number of nitrogens with zero attached hydrogens (tertiary/aromatic N) is 1. The van der Waals surface area contributed by atoms with Gasteiger partial charge >= 0.3 is 12.4 Å². The molecule has 0 aliphatic rings. The second-order valence-electron chi connectivity index (χ2n) is 7.57. The Kier molecular flexibility index (Phi) is 8.16. The van der Waals surface area contributed by atoms with Crippen LogP contribution in [0.15, 0.2) is 66.9 Å². The molecule has 4 nitrogen and oxygen atoms in total. The monoisotopic (exact) mass is 483 g/mol. The highest BCUT2D eigenvalue weighted by molar-refractivity contribution is 5.86. The number of hydrogen-bond donors (Lipinski definition) is 3. The summed E-state index contributed by atoms with van der Waals surface area (Å²) in [4.78, 5) is 3.22. The molecule has 182 valence electrons. The average Bonchev–Trinajstić information content (AvgIpc) is 2.79. The number of nitrogens with one attached hydrogen (secondary N) is 2. The maximum atomic E-state index is 13.3. The van der Waals surface area contributed by atoms with Crippen molar-refractivity contribution in [3.05, 3.63) is 89.3 Å². The minimum atomic E-state index is -4.97. The smallest absolute Gasteiger partial charge is 0.388 e. The first-order chi connectivity index (χ1) is 16.1. The standard InChI is InChI=1S/C24H23F6N3O/c25-23(26,27)19-10-6-9-17-18(13-21(24(28,29)30)33-22(17)19)20(34)15-32-12-5-4-11-31-14-16-7-2-1-3-8-16/h1-3,5-10,12-13,20,31-32,34H,4,11,14-15H2. The number of fused-ring (bicyclic) bond motifs is 1. The van der Waals surface area contributed by atoms with E-state index in [1.54, 1.807) is 12.3 Å². The van der Waals surface area contributed by atoms with Gasteiger partial charge in [0.2, 0.25) is 0 Å². The Bertz CT molecular complexity index is 1110. The molecule has 1 atom stereocenters. The number of aromatic nitrogens is 1. The fraction of sp³-hybridized carbons (Fsp3) is 0.292. The van der Waals surface area contributed by atoms with Gasteiger partial charge in [0.25, 0.3) is 0 Å². The van der Waals surface area contributed by atoms with Gasteiger partial charge in [0.1, 0.15) is 5.69 Å². The lowest BCUT2D eigenvalue weighted by molar-refractivity contribution is -0.142. The third kappa shape index (κ3) is 6.71. The molecule has 3 N–H and O–H groups in total. The first kappa shape index (κ1) is 25.5. The largest absolute Gasteiger partial charge is 0.433 e. The fourth-order valence-corrected chi connectivity index (χ4v) is 3.39. The van der Waals surface area contributed by atoms with Crippen LogP contribution in [0.3, 0.4) is 0 Å². The number of aliphatic hydroxyl groups excluding tert-OH is 1. The van der Waals surface area contributed by atoms with Crippen LogP contribution in [0.1, 0.15) is 34.9 Å². The summed E-state index contributed by atoms with van der Waals surface area (Å²) in [5, 5.41) is 16.3. The summed E-state index contributed by atoms with van der Waals surface area (Å²) in [5.41, 5.74) is -2.77. The van der Waals surface area contributed by atoms with E-state index in [0.717, 1.165) is 11.6 Å². The molecule has 1 heterocycles. The Balaban J connectivity index is 1.66. The van der Waals surface area contributed by atoms with E-state index in [4.69, 9.17) is 0 Å². The SMILES string of the molecule is OC(CNC=CCCNCc1ccccc1)c1cc(C(F)(F)F)nc2c(C(F)(F)F)cccc12. The van der Waals surface area contributed by atoms with E-state index in [1.807, 2.05) is 30.3 Å². The van der Waals surface area contributed by atoms with E-state index in [-0.39, 0.29) is 17.5 Å². The van der Waals surface area contributed by atoms with Gasteiger partial charge < -0.3 is 15.7 Å². The van der Waals surface area contributed by atoms with Gasteiger partial charge in [0.05, 0.1) is 17.2 Å². The van der Waals surface area contributed by atoms with E-state index < -0.39 is 35.2 Å². The van der Waals surface area contributed by atoms with Gasteiger partial charge in [-0.25, -0.2) is 4.98 Å². The Morgan fingerprint density at radius 1 is 0.941 bits per heavy atom. The van der Waals surface area contributed by atoms with Crippen LogP contribution in [0.2, 0.25) is 0 Å². The molecule has 0 fully saturated rings. The molecular weight excluding hydrogens is 460 g/mol. The Morgan fingerprint density at radius 2 is 1.68 bits per heavy atom. The number of para-hydroxylation sites is 1. The summed E-state index contributed by atoms with van der Waals surface area (Å²) >= 11 is 0. The highest BCUT2D eigenvalue weighted by Crippen LogP contribution is 2.38. The zero-order valence-corrected chi connectivity index (χ0v) is 17.9. The molecular formula is C24H23F6N3O. The molecule has 3 aromatic rings. The Hall–Kier alpha value is -3.11. The molecule has 10 heteroatoms. The van der Waals surface area contributed by atoms with Crippen molar-refractivity contribution in [2.75, 3.05) is 13.1 Å². The van der Waals surface area contributed by atoms with Crippen LogP contribution in [-0.4, -0.2) is 23.2 Å². The van der Waals surface area contributed by atoms with E-state index >= 15 is 0 Å². The van der Waals surface area contributed by atoms with E-state index in [0.29, 0.717) is 31.6 Å². The third-order valence-corrected chi connectivity index (χ3v) is 5.03. The molecule has 0 aliphatic heterocycles. The lowest BCUT2D eigenvalue weighted by Crippen LogP contribution is -2.19. The highest BCUT2D eigenvalue weighted by Gasteiger charge is 2.37. The molecule has 0 saturated carbocycles. The van der Waals surface area contributed by atoms with Crippen molar-refractivity contribution in [1.29, 1.82) is 0 Å². The van der Waals surface area contributed by atoms with Gasteiger partial charge in [-0.15, -0.1) is 0 Å². The second kappa shape index (κ2) is 10.9. The predicted octanol–water partition coefficient (Wildman–Crippen LogP) is 5.59. The van der Waals surface area contributed by atoms with Crippen LogP contribution in [0.4, 0.5) is 26.3 Å². The van der Waals surface area contributed by atoms with Gasteiger partial charge in [-0.05, 0) is 42.4 Å². The van der Waals surface area contributed by atoms with Crippen molar-refractivity contribution >= 4 is 10.9 Å². The molecule has 1 aromatic heterocycles. The van der Waals surface area contributed by atoms with Crippen LogP contribution in [0.25, 0.3) is 10.9 Å². The summed E-state index contributed by atoms with van der Waals surface area (Å²) in [5.74, 6) is 0. The van der Waals surface area contributed by atoms with Gasteiger partial charge in [-0.3, -0.25) is 0 Å². The summed E-state index contributed by atoms with van der Waals surface area (Å²) in [6.07, 6.45) is -7.38. The predicted molar refractivity (Wildman–Crippen MR) is 117 cm³/mol. The van der Waals surface area contributed by atoms with E-state index in [2.05, 4.69) is 15.6 Å². The first-order valence-electron chi connectivity index (χ1n) is 10.5. The summed E-state index contributed by atoms with van der Waals surface area (Å²) in [6, 6.07) is 13.4. The lowest BCUT2D eigenvalue weighted by Gasteiger charge is -2.18. The third-order valence-electron chi connectivity index (χ3n) is 5.03. The van der Waals surface area contributed by atoms with Gasteiger partial charge in [-0.1, -0.05) is 48.5 Å². The Labute approximate surface area is 192 Å². The second-order valence-corrected chi connectivity index (χ2v) is 7.57. The molecule has 3 rings (SSSR count). The van der Waals surface area contributed by atoms with Crippen molar-refractivity contribution in [2.24, 2.45) is 0 Å². The number of hydrogen-bond acceptors (Lipinski definition) is 4. The zero-order valence-electron chi connectivity index (χ0n) is 17.9. The van der Waals surface area contributed by atoms with Crippen molar-refractivity contribution in [1.82, 2.24) is 15.6 Å². The first-order valence-corrected chi connectivity index (χ1v) is 10.5. The van der Waals surface area contributed by atoms with Crippen LogP contribution in [0.5, 0.6) is 0 Å². The Morgan fingerprint density at radius 3 is 2.35 bits per heavy atom. The molecule has 0 radical (unpaired) electrons. The van der Waals surface area contributed by atoms with Crippen LogP contribution in [0, 0.1) is 0 Å². The number of pyridine rings is 1. The van der Waals surface area contributed by atoms with Gasteiger partial charge in [0.15, 0.2) is 0 Å². The molecule has 1 unspecified atom stereocenters. The minimum absolute atomic E-state index is 0.189. The van der Waals surface area contributed by atoms with Gasteiger partial charge in [-0.2, -0.15) is 26.3 Å². The molecule has 0 bridgehead atoms. The normalized spacial score (nSPS) is 13.5. The number of alkyl halides is 6. The van der Waals surface area contributed by atoms with Gasteiger partial charge in [0, 0.05) is 18.5 Å². The average molecular weight is 483 g/mol. The molecule has 0 spiro atoms. The summed E-state index contributed by atoms with van der Waals surface area (Å²) in [7, 11) is 0. The molecule has 0 saturated heterocycles. The number of halogens is 6. The van der Waals surface area contributed by atoms with Crippen LogP contribution in [-0.2, 0) is 18.9 Å². The number of rotatable bonds is 9. The van der Waals surface area contributed by atoms with E-state index in [9.17, 15) is 31.4 Å². The van der Waals surface area contributed by atoms with Crippen molar-refractivity contribution < 1.29 is 31.4 Å². The molecule has 34 heavy (non-hydrogen) atoms. The maximum Gasteiger partial charge on any atom is 0.433 e.